The largest absolute Gasteiger partial charge is 0.388 e. The summed E-state index contributed by atoms with van der Waals surface area (Å²) in [5.74, 6) is 0.819. The van der Waals surface area contributed by atoms with Gasteiger partial charge in [0.2, 0.25) is 0 Å². The zero-order chi connectivity index (χ0) is 13.1. The molecule has 4 heteroatoms. The summed E-state index contributed by atoms with van der Waals surface area (Å²) in [4.78, 5) is 4.22. The van der Waals surface area contributed by atoms with Crippen molar-refractivity contribution >= 4 is 0 Å². The van der Waals surface area contributed by atoms with Crippen LogP contribution in [0.1, 0.15) is 42.9 Å². The smallest absolute Gasteiger partial charge is 0.138 e. The van der Waals surface area contributed by atoms with E-state index >= 15 is 0 Å². The highest BCUT2D eigenvalue weighted by molar-refractivity contribution is 5.24. The number of aryl methyl sites for hydroxylation is 1. The summed E-state index contributed by atoms with van der Waals surface area (Å²) in [6, 6.07) is 8.18. The molecule has 0 amide bonds. The van der Waals surface area contributed by atoms with Crippen molar-refractivity contribution in [2.75, 3.05) is 0 Å². The van der Waals surface area contributed by atoms with E-state index in [0.717, 1.165) is 17.0 Å². The van der Waals surface area contributed by atoms with Crippen molar-refractivity contribution in [1.29, 1.82) is 0 Å². The number of aliphatic hydroxyl groups is 1. The Morgan fingerprint density at radius 1 is 1.33 bits per heavy atom. The van der Waals surface area contributed by atoms with Crippen LogP contribution in [0, 0.1) is 6.92 Å². The number of aromatic nitrogens is 3. The summed E-state index contributed by atoms with van der Waals surface area (Å²) in [6.07, 6.45) is 1.49. The van der Waals surface area contributed by atoms with Gasteiger partial charge < -0.3 is 5.11 Å². The van der Waals surface area contributed by atoms with Crippen LogP contribution in [0.4, 0.5) is 0 Å². The Morgan fingerprint density at radius 2 is 2.11 bits per heavy atom. The first kappa shape index (κ1) is 12.8. The molecule has 0 spiro atoms. The van der Waals surface area contributed by atoms with E-state index in [1.807, 2.05) is 35.9 Å². The maximum absolute atomic E-state index is 10.2. The molecule has 96 valence electrons. The first-order valence-electron chi connectivity index (χ1n) is 6.21. The van der Waals surface area contributed by atoms with Gasteiger partial charge in [-0.05, 0) is 26.3 Å². The zero-order valence-electron chi connectivity index (χ0n) is 11.0. The summed E-state index contributed by atoms with van der Waals surface area (Å²) in [7, 11) is 0. The zero-order valence-corrected chi connectivity index (χ0v) is 11.0. The Labute approximate surface area is 107 Å². The Morgan fingerprint density at radius 3 is 2.78 bits per heavy atom. The van der Waals surface area contributed by atoms with E-state index in [1.165, 1.54) is 6.33 Å². The van der Waals surface area contributed by atoms with Crippen LogP contribution in [0.2, 0.25) is 0 Å². The number of aliphatic hydroxyl groups excluding tert-OH is 1. The SMILES string of the molecule is Cc1cccc(C(O)Cc2ncnn2C(C)C)c1. The van der Waals surface area contributed by atoms with Gasteiger partial charge in [-0.1, -0.05) is 29.8 Å². The molecule has 1 atom stereocenters. The van der Waals surface area contributed by atoms with Gasteiger partial charge in [-0.15, -0.1) is 0 Å². The van der Waals surface area contributed by atoms with Gasteiger partial charge in [-0.25, -0.2) is 9.67 Å². The van der Waals surface area contributed by atoms with Crippen LogP contribution in [-0.4, -0.2) is 19.9 Å². The molecule has 0 aliphatic rings. The topological polar surface area (TPSA) is 50.9 Å². The second kappa shape index (κ2) is 5.31. The molecule has 1 heterocycles. The lowest BCUT2D eigenvalue weighted by molar-refractivity contribution is 0.173. The molecule has 0 radical (unpaired) electrons. The standard InChI is InChI=1S/C14H19N3O/c1-10(2)17-14(15-9-16-17)8-13(18)12-6-4-5-11(3)7-12/h4-7,9-10,13,18H,8H2,1-3H3. The molecule has 0 aliphatic heterocycles. The Kier molecular flexibility index (Phi) is 3.77. The van der Waals surface area contributed by atoms with E-state index in [-0.39, 0.29) is 6.04 Å². The molecule has 2 aromatic rings. The Balaban J connectivity index is 2.16. The lowest BCUT2D eigenvalue weighted by atomic mass is 10.0. The molecule has 18 heavy (non-hydrogen) atoms. The molecule has 0 saturated heterocycles. The van der Waals surface area contributed by atoms with E-state index in [2.05, 4.69) is 23.9 Å². The van der Waals surface area contributed by atoms with Crippen LogP contribution in [-0.2, 0) is 6.42 Å². The number of hydrogen-bond donors (Lipinski definition) is 1. The molecule has 1 N–H and O–H groups in total. The fraction of sp³-hybridized carbons (Fsp3) is 0.429. The maximum Gasteiger partial charge on any atom is 0.138 e. The van der Waals surface area contributed by atoms with Crippen LogP contribution in [0.25, 0.3) is 0 Å². The minimum absolute atomic E-state index is 0.257. The second-order valence-electron chi connectivity index (χ2n) is 4.85. The van der Waals surface area contributed by atoms with Gasteiger partial charge >= 0.3 is 0 Å². The molecule has 1 unspecified atom stereocenters. The van der Waals surface area contributed by atoms with Crippen LogP contribution in [0.15, 0.2) is 30.6 Å². The molecule has 0 bridgehead atoms. The average molecular weight is 245 g/mol. The van der Waals surface area contributed by atoms with E-state index in [0.29, 0.717) is 6.42 Å². The van der Waals surface area contributed by atoms with Gasteiger partial charge in [0, 0.05) is 12.5 Å². The van der Waals surface area contributed by atoms with Gasteiger partial charge in [-0.2, -0.15) is 5.10 Å². The average Bonchev–Trinajstić information content (AvgIpc) is 2.77. The normalized spacial score (nSPS) is 12.9. The second-order valence-corrected chi connectivity index (χ2v) is 4.85. The van der Waals surface area contributed by atoms with Crippen molar-refractivity contribution in [1.82, 2.24) is 14.8 Å². The maximum atomic E-state index is 10.2. The number of hydrogen-bond acceptors (Lipinski definition) is 3. The summed E-state index contributed by atoms with van der Waals surface area (Å²) >= 11 is 0. The predicted octanol–water partition coefficient (Wildman–Crippen LogP) is 2.44. The molecular formula is C14H19N3O. The highest BCUT2D eigenvalue weighted by Gasteiger charge is 2.14. The molecule has 1 aromatic heterocycles. The van der Waals surface area contributed by atoms with E-state index in [9.17, 15) is 5.11 Å². The number of nitrogens with zero attached hydrogens (tertiary/aromatic N) is 3. The molecule has 2 rings (SSSR count). The molecular weight excluding hydrogens is 226 g/mol. The van der Waals surface area contributed by atoms with Gasteiger partial charge in [0.05, 0.1) is 6.10 Å². The van der Waals surface area contributed by atoms with Crippen molar-refractivity contribution in [3.05, 3.63) is 47.5 Å². The van der Waals surface area contributed by atoms with Crippen molar-refractivity contribution in [3.63, 3.8) is 0 Å². The van der Waals surface area contributed by atoms with Crippen LogP contribution in [0.3, 0.4) is 0 Å². The van der Waals surface area contributed by atoms with Crippen LogP contribution < -0.4 is 0 Å². The Bertz CT molecular complexity index is 519. The third kappa shape index (κ3) is 2.76. The first-order chi connectivity index (χ1) is 8.58. The van der Waals surface area contributed by atoms with Crippen LogP contribution >= 0.6 is 0 Å². The summed E-state index contributed by atoms with van der Waals surface area (Å²) < 4.78 is 1.85. The van der Waals surface area contributed by atoms with Gasteiger partial charge in [0.25, 0.3) is 0 Å². The predicted molar refractivity (Wildman–Crippen MR) is 70.2 cm³/mol. The van der Waals surface area contributed by atoms with E-state index in [1.54, 1.807) is 0 Å². The summed E-state index contributed by atoms with van der Waals surface area (Å²) in [5, 5.41) is 14.4. The monoisotopic (exact) mass is 245 g/mol. The van der Waals surface area contributed by atoms with Gasteiger partial charge in [0.15, 0.2) is 0 Å². The minimum Gasteiger partial charge on any atom is -0.388 e. The molecule has 4 nitrogen and oxygen atoms in total. The lowest BCUT2D eigenvalue weighted by Crippen LogP contribution is -2.12. The lowest BCUT2D eigenvalue weighted by Gasteiger charge is -2.14. The quantitative estimate of drug-likeness (QED) is 0.900. The third-order valence-electron chi connectivity index (χ3n) is 2.94. The van der Waals surface area contributed by atoms with Gasteiger partial charge in [-0.3, -0.25) is 0 Å². The van der Waals surface area contributed by atoms with E-state index < -0.39 is 6.10 Å². The van der Waals surface area contributed by atoms with Crippen molar-refractivity contribution < 1.29 is 5.11 Å². The fourth-order valence-corrected chi connectivity index (χ4v) is 2.02. The highest BCUT2D eigenvalue weighted by Crippen LogP contribution is 2.19. The molecule has 0 saturated carbocycles. The molecule has 0 aliphatic carbocycles. The number of rotatable bonds is 4. The van der Waals surface area contributed by atoms with E-state index in [4.69, 9.17) is 0 Å². The fourth-order valence-electron chi connectivity index (χ4n) is 2.02. The van der Waals surface area contributed by atoms with Crippen molar-refractivity contribution in [2.45, 2.75) is 39.3 Å². The Hall–Kier alpha value is -1.68. The van der Waals surface area contributed by atoms with Crippen molar-refractivity contribution in [3.8, 4) is 0 Å². The number of benzene rings is 1. The van der Waals surface area contributed by atoms with Crippen molar-refractivity contribution in [2.24, 2.45) is 0 Å². The first-order valence-corrected chi connectivity index (χ1v) is 6.21. The summed E-state index contributed by atoms with van der Waals surface area (Å²) in [6.45, 7) is 6.13. The highest BCUT2D eigenvalue weighted by atomic mass is 16.3. The minimum atomic E-state index is -0.536. The molecule has 0 fully saturated rings. The third-order valence-corrected chi connectivity index (χ3v) is 2.94. The molecule has 1 aromatic carbocycles. The summed E-state index contributed by atoms with van der Waals surface area (Å²) in [5.41, 5.74) is 2.07. The van der Waals surface area contributed by atoms with Gasteiger partial charge in [0.1, 0.15) is 12.2 Å². The van der Waals surface area contributed by atoms with Crippen LogP contribution in [0.5, 0.6) is 0 Å².